The number of carboxylic acid groups (broad SMARTS) is 1. The normalized spacial score (nSPS) is 10.6. The second-order valence-electron chi connectivity index (χ2n) is 4.19. The molecular formula is C13H10F2N2O4. The lowest BCUT2D eigenvalue weighted by molar-refractivity contribution is -0.136. The van der Waals surface area contributed by atoms with Crippen molar-refractivity contribution in [3.8, 4) is 11.4 Å². The van der Waals surface area contributed by atoms with Crippen LogP contribution in [0, 0.1) is 11.6 Å². The number of nitrogens with zero attached hydrogens (tertiary/aromatic N) is 2. The van der Waals surface area contributed by atoms with Crippen LogP contribution in [0.2, 0.25) is 0 Å². The molecule has 2 rings (SSSR count). The first-order valence-electron chi connectivity index (χ1n) is 5.88. The van der Waals surface area contributed by atoms with Crippen molar-refractivity contribution >= 4 is 5.97 Å². The van der Waals surface area contributed by atoms with E-state index in [0.717, 1.165) is 24.3 Å². The van der Waals surface area contributed by atoms with E-state index in [1.165, 1.54) is 0 Å². The molecule has 1 heterocycles. The molecule has 2 N–H and O–H groups in total. The number of halogens is 2. The predicted molar refractivity (Wildman–Crippen MR) is 67.4 cm³/mol. The van der Waals surface area contributed by atoms with Crippen LogP contribution in [-0.2, 0) is 11.2 Å². The summed E-state index contributed by atoms with van der Waals surface area (Å²) in [6.45, 7) is 0. The topological polar surface area (TPSA) is 92.4 Å². The van der Waals surface area contributed by atoms with Crippen molar-refractivity contribution < 1.29 is 23.8 Å². The highest BCUT2D eigenvalue weighted by Crippen LogP contribution is 2.18. The fraction of sp³-hybridized carbons (Fsp3) is 0.154. The number of carbonyl (C=O) groups is 1. The van der Waals surface area contributed by atoms with Gasteiger partial charge in [0, 0.05) is 12.5 Å². The molecule has 6 nitrogen and oxygen atoms in total. The maximum atomic E-state index is 13.7. The van der Waals surface area contributed by atoms with Crippen LogP contribution >= 0.6 is 0 Å². The Morgan fingerprint density at radius 1 is 1.29 bits per heavy atom. The number of hydrogen-bond donors (Lipinski definition) is 2. The molecule has 0 aliphatic rings. The SMILES string of the molecule is O=C(O)CCc1nn(-c2c(F)cccc2F)c(=O)cc1O. The van der Waals surface area contributed by atoms with E-state index in [4.69, 9.17) is 5.11 Å². The van der Waals surface area contributed by atoms with E-state index in [2.05, 4.69) is 5.10 Å². The molecule has 0 saturated carbocycles. The molecule has 110 valence electrons. The van der Waals surface area contributed by atoms with Crippen LogP contribution in [0.1, 0.15) is 12.1 Å². The Bertz CT molecular complexity index is 738. The van der Waals surface area contributed by atoms with E-state index in [1.807, 2.05) is 0 Å². The van der Waals surface area contributed by atoms with Crippen LogP contribution in [0.25, 0.3) is 5.69 Å². The van der Waals surface area contributed by atoms with Crippen molar-refractivity contribution in [2.45, 2.75) is 12.8 Å². The monoisotopic (exact) mass is 296 g/mol. The third kappa shape index (κ3) is 3.04. The molecule has 0 spiro atoms. The zero-order valence-corrected chi connectivity index (χ0v) is 10.6. The van der Waals surface area contributed by atoms with Crippen LogP contribution in [0.5, 0.6) is 5.75 Å². The predicted octanol–water partition coefficient (Wildman–Crippen LogP) is 1.23. The van der Waals surface area contributed by atoms with E-state index in [1.54, 1.807) is 0 Å². The van der Waals surface area contributed by atoms with Crippen molar-refractivity contribution in [3.63, 3.8) is 0 Å². The summed E-state index contributed by atoms with van der Waals surface area (Å²) in [7, 11) is 0. The number of hydrogen-bond acceptors (Lipinski definition) is 4. The van der Waals surface area contributed by atoms with Gasteiger partial charge < -0.3 is 10.2 Å². The van der Waals surface area contributed by atoms with Gasteiger partial charge in [-0.25, -0.2) is 8.78 Å². The van der Waals surface area contributed by atoms with Crippen LogP contribution in [-0.4, -0.2) is 26.0 Å². The first kappa shape index (κ1) is 14.6. The van der Waals surface area contributed by atoms with Crippen molar-refractivity contribution in [1.29, 1.82) is 0 Å². The third-order valence-electron chi connectivity index (χ3n) is 2.71. The Labute approximate surface area is 116 Å². The summed E-state index contributed by atoms with van der Waals surface area (Å²) in [5.74, 6) is -3.65. The van der Waals surface area contributed by atoms with Gasteiger partial charge in [0.2, 0.25) is 0 Å². The van der Waals surface area contributed by atoms with E-state index in [-0.39, 0.29) is 18.5 Å². The largest absolute Gasteiger partial charge is 0.506 e. The summed E-state index contributed by atoms with van der Waals surface area (Å²) < 4.78 is 27.8. The summed E-state index contributed by atoms with van der Waals surface area (Å²) in [4.78, 5) is 22.2. The van der Waals surface area contributed by atoms with Crippen molar-refractivity contribution in [2.24, 2.45) is 0 Å². The molecule has 0 bridgehead atoms. The Morgan fingerprint density at radius 2 is 1.90 bits per heavy atom. The van der Waals surface area contributed by atoms with Gasteiger partial charge in [-0.15, -0.1) is 0 Å². The van der Waals surface area contributed by atoms with E-state index < -0.39 is 34.6 Å². The first-order valence-corrected chi connectivity index (χ1v) is 5.88. The quantitative estimate of drug-likeness (QED) is 0.885. The molecule has 1 aromatic carbocycles. The van der Waals surface area contributed by atoms with Gasteiger partial charge in [-0.05, 0) is 12.1 Å². The van der Waals surface area contributed by atoms with Gasteiger partial charge in [-0.3, -0.25) is 9.59 Å². The second kappa shape index (κ2) is 5.70. The van der Waals surface area contributed by atoms with Gasteiger partial charge in [0.05, 0.1) is 6.42 Å². The van der Waals surface area contributed by atoms with Crippen LogP contribution in [0.15, 0.2) is 29.1 Å². The van der Waals surface area contributed by atoms with Crippen molar-refractivity contribution in [2.75, 3.05) is 0 Å². The number of aryl methyl sites for hydroxylation is 1. The molecule has 0 atom stereocenters. The minimum Gasteiger partial charge on any atom is -0.506 e. The molecular weight excluding hydrogens is 286 g/mol. The highest BCUT2D eigenvalue weighted by molar-refractivity contribution is 5.67. The number of rotatable bonds is 4. The van der Waals surface area contributed by atoms with Gasteiger partial charge in [0.15, 0.2) is 11.6 Å². The number of benzene rings is 1. The smallest absolute Gasteiger partial charge is 0.303 e. The van der Waals surface area contributed by atoms with Gasteiger partial charge in [-0.2, -0.15) is 9.78 Å². The van der Waals surface area contributed by atoms with Crippen LogP contribution < -0.4 is 5.56 Å². The molecule has 0 unspecified atom stereocenters. The summed E-state index contributed by atoms with van der Waals surface area (Å²) in [6.07, 6.45) is -0.532. The molecule has 0 fully saturated rings. The number of carboxylic acids is 1. The summed E-state index contributed by atoms with van der Waals surface area (Å²) >= 11 is 0. The Hall–Kier alpha value is -2.77. The molecule has 0 radical (unpaired) electrons. The maximum Gasteiger partial charge on any atom is 0.303 e. The maximum absolute atomic E-state index is 13.7. The first-order chi connectivity index (χ1) is 9.90. The molecule has 8 heteroatoms. The number of para-hydroxylation sites is 1. The summed E-state index contributed by atoms with van der Waals surface area (Å²) in [5, 5.41) is 21.8. The minimum atomic E-state index is -1.13. The van der Waals surface area contributed by atoms with Crippen molar-refractivity contribution in [3.05, 3.63) is 51.9 Å². The Morgan fingerprint density at radius 3 is 2.48 bits per heavy atom. The average molecular weight is 296 g/mol. The summed E-state index contributed by atoms with van der Waals surface area (Å²) in [5.41, 5.74) is -1.76. The fourth-order valence-electron chi connectivity index (χ4n) is 1.74. The van der Waals surface area contributed by atoms with Gasteiger partial charge in [-0.1, -0.05) is 6.07 Å². The molecule has 0 saturated heterocycles. The standard InChI is InChI=1S/C13H10F2N2O4/c14-7-2-1-3-8(15)13(7)17-11(19)6-10(18)9(16-17)4-5-12(20)21/h1-3,6,18H,4-5H2,(H,20,21). The fourth-order valence-corrected chi connectivity index (χ4v) is 1.74. The van der Waals surface area contributed by atoms with Gasteiger partial charge in [0.1, 0.15) is 17.1 Å². The molecule has 2 aromatic rings. The van der Waals surface area contributed by atoms with Crippen LogP contribution in [0.3, 0.4) is 0 Å². The number of aliphatic carboxylic acids is 1. The minimum absolute atomic E-state index is 0.139. The molecule has 0 aliphatic heterocycles. The van der Waals surface area contributed by atoms with Gasteiger partial charge >= 0.3 is 5.97 Å². The van der Waals surface area contributed by atoms with Crippen LogP contribution in [0.4, 0.5) is 8.78 Å². The molecule has 21 heavy (non-hydrogen) atoms. The molecule has 0 aliphatic carbocycles. The average Bonchev–Trinajstić information content (AvgIpc) is 2.39. The number of aromatic nitrogens is 2. The van der Waals surface area contributed by atoms with Crippen molar-refractivity contribution in [1.82, 2.24) is 9.78 Å². The van der Waals surface area contributed by atoms with E-state index >= 15 is 0 Å². The zero-order chi connectivity index (χ0) is 15.6. The highest BCUT2D eigenvalue weighted by Gasteiger charge is 2.16. The molecule has 0 amide bonds. The second-order valence-corrected chi connectivity index (χ2v) is 4.19. The lowest BCUT2D eigenvalue weighted by Gasteiger charge is -2.09. The third-order valence-corrected chi connectivity index (χ3v) is 2.71. The zero-order valence-electron chi connectivity index (χ0n) is 10.6. The lowest BCUT2D eigenvalue weighted by atomic mass is 10.2. The van der Waals surface area contributed by atoms with E-state index in [9.17, 15) is 23.5 Å². The highest BCUT2D eigenvalue weighted by atomic mass is 19.1. The summed E-state index contributed by atoms with van der Waals surface area (Å²) in [6, 6.07) is 3.77. The Kier molecular flexibility index (Phi) is 3.97. The Balaban J connectivity index is 2.56. The van der Waals surface area contributed by atoms with E-state index in [0.29, 0.717) is 4.68 Å². The molecule has 1 aromatic heterocycles. The van der Waals surface area contributed by atoms with Gasteiger partial charge in [0.25, 0.3) is 5.56 Å². The number of aromatic hydroxyl groups is 1. The lowest BCUT2D eigenvalue weighted by Crippen LogP contribution is -2.24.